The zero-order chi connectivity index (χ0) is 12.0. The van der Waals surface area contributed by atoms with E-state index in [1.807, 2.05) is 13.0 Å². The Labute approximate surface area is 100.0 Å². The van der Waals surface area contributed by atoms with Crippen molar-refractivity contribution in [2.45, 2.75) is 12.8 Å². The minimum atomic E-state index is -0.115. The summed E-state index contributed by atoms with van der Waals surface area (Å²) in [5.41, 5.74) is 1.04. The summed E-state index contributed by atoms with van der Waals surface area (Å²) in [5.74, 6) is 0.0850. The molecule has 1 unspecified atom stereocenters. The molecule has 1 heterocycles. The molecular weight excluding hydrogens is 228 g/mol. The van der Waals surface area contributed by atoms with Gasteiger partial charge in [-0.2, -0.15) is 0 Å². The van der Waals surface area contributed by atoms with Crippen LogP contribution in [0.1, 0.15) is 18.4 Å². The second-order valence-electron chi connectivity index (χ2n) is 3.55. The molecule has 88 valence electrons. The smallest absolute Gasteiger partial charge is 0.246 e. The van der Waals surface area contributed by atoms with E-state index in [-0.39, 0.29) is 18.4 Å². The van der Waals surface area contributed by atoms with Crippen LogP contribution in [0.4, 0.5) is 0 Å². The first-order valence-electron chi connectivity index (χ1n) is 5.00. The number of carbonyl (C=O) groups excluding carboxylic acids is 1. The summed E-state index contributed by atoms with van der Waals surface area (Å²) < 4.78 is 4.72. The molecule has 1 aromatic heterocycles. The highest BCUT2D eigenvalue weighted by molar-refractivity contribution is 6.29. The van der Waals surface area contributed by atoms with E-state index in [9.17, 15) is 4.79 Å². The summed E-state index contributed by atoms with van der Waals surface area (Å²) in [4.78, 5) is 15.2. The van der Waals surface area contributed by atoms with Crippen LogP contribution in [0.3, 0.4) is 0 Å². The number of nitrogens with one attached hydrogen (secondary N) is 1. The Morgan fingerprint density at radius 3 is 2.94 bits per heavy atom. The molecule has 4 nitrogen and oxygen atoms in total. The van der Waals surface area contributed by atoms with E-state index in [0.717, 1.165) is 5.56 Å². The molecule has 16 heavy (non-hydrogen) atoms. The van der Waals surface area contributed by atoms with Crippen LogP contribution < -0.4 is 5.32 Å². The van der Waals surface area contributed by atoms with E-state index in [1.54, 1.807) is 12.3 Å². The molecule has 0 aliphatic carbocycles. The Balaban J connectivity index is 2.43. The highest BCUT2D eigenvalue weighted by Gasteiger charge is 2.07. The summed E-state index contributed by atoms with van der Waals surface area (Å²) in [6.45, 7) is 2.66. The zero-order valence-corrected chi connectivity index (χ0v) is 10.1. The normalized spacial score (nSPS) is 12.2. The third-order valence-corrected chi connectivity index (χ3v) is 2.42. The van der Waals surface area contributed by atoms with Crippen LogP contribution in [0.5, 0.6) is 0 Å². The van der Waals surface area contributed by atoms with Gasteiger partial charge in [-0.3, -0.25) is 4.79 Å². The van der Waals surface area contributed by atoms with Crippen molar-refractivity contribution in [1.29, 1.82) is 0 Å². The maximum absolute atomic E-state index is 11.2. The van der Waals surface area contributed by atoms with Crippen molar-refractivity contribution in [2.24, 2.45) is 0 Å². The number of hydrogen-bond donors (Lipinski definition) is 1. The summed E-state index contributed by atoms with van der Waals surface area (Å²) in [6.07, 6.45) is 1.72. The zero-order valence-electron chi connectivity index (χ0n) is 9.37. The lowest BCUT2D eigenvalue weighted by Gasteiger charge is -2.12. The number of methoxy groups -OCH3 is 1. The monoisotopic (exact) mass is 242 g/mol. The fourth-order valence-electron chi connectivity index (χ4n) is 1.25. The number of carbonyl (C=O) groups is 1. The number of pyridine rings is 1. The van der Waals surface area contributed by atoms with Gasteiger partial charge in [-0.25, -0.2) is 4.98 Å². The molecule has 1 amide bonds. The first-order chi connectivity index (χ1) is 7.63. The van der Waals surface area contributed by atoms with Gasteiger partial charge in [0.15, 0.2) is 0 Å². The second kappa shape index (κ2) is 6.45. The summed E-state index contributed by atoms with van der Waals surface area (Å²) >= 11 is 5.69. The van der Waals surface area contributed by atoms with Crippen LogP contribution in [-0.2, 0) is 9.53 Å². The van der Waals surface area contributed by atoms with E-state index < -0.39 is 0 Å². The summed E-state index contributed by atoms with van der Waals surface area (Å²) in [5, 5.41) is 3.24. The van der Waals surface area contributed by atoms with Gasteiger partial charge < -0.3 is 10.1 Å². The maximum atomic E-state index is 11.2. The number of aromatic nitrogens is 1. The number of hydrogen-bond acceptors (Lipinski definition) is 3. The standard InChI is InChI=1S/C11H15ClN2O2/c1-8(5-14-11(15)7-16-2)9-3-4-10(12)13-6-9/h3-4,6,8H,5,7H2,1-2H3,(H,14,15). The predicted octanol–water partition coefficient (Wildman–Crippen LogP) is 1.60. The van der Waals surface area contributed by atoms with Crippen LogP contribution in [0.15, 0.2) is 18.3 Å². The van der Waals surface area contributed by atoms with Crippen molar-refractivity contribution in [3.63, 3.8) is 0 Å². The van der Waals surface area contributed by atoms with Crippen molar-refractivity contribution in [2.75, 3.05) is 20.3 Å². The van der Waals surface area contributed by atoms with Gasteiger partial charge in [0.25, 0.3) is 0 Å². The van der Waals surface area contributed by atoms with Crippen molar-refractivity contribution in [3.05, 3.63) is 29.0 Å². The number of halogens is 1. The quantitative estimate of drug-likeness (QED) is 0.798. The third kappa shape index (κ3) is 4.16. The molecule has 1 N–H and O–H groups in total. The van der Waals surface area contributed by atoms with Crippen molar-refractivity contribution in [3.8, 4) is 0 Å². The highest BCUT2D eigenvalue weighted by Crippen LogP contribution is 2.14. The fourth-order valence-corrected chi connectivity index (χ4v) is 1.36. The first-order valence-corrected chi connectivity index (χ1v) is 5.38. The van der Waals surface area contributed by atoms with Gasteiger partial charge in [-0.1, -0.05) is 24.6 Å². The molecule has 0 bridgehead atoms. The van der Waals surface area contributed by atoms with Crippen molar-refractivity contribution < 1.29 is 9.53 Å². The largest absolute Gasteiger partial charge is 0.375 e. The Morgan fingerprint density at radius 2 is 2.38 bits per heavy atom. The minimum Gasteiger partial charge on any atom is -0.375 e. The molecule has 0 fully saturated rings. The Hall–Kier alpha value is -1.13. The lowest BCUT2D eigenvalue weighted by molar-refractivity contribution is -0.124. The van der Waals surface area contributed by atoms with Crippen LogP contribution in [0.2, 0.25) is 5.15 Å². The van der Waals surface area contributed by atoms with E-state index in [0.29, 0.717) is 11.7 Å². The molecule has 5 heteroatoms. The Bertz CT molecular complexity index is 340. The Kier molecular flexibility index (Phi) is 5.22. The van der Waals surface area contributed by atoms with E-state index in [2.05, 4.69) is 10.3 Å². The van der Waals surface area contributed by atoms with Gasteiger partial charge in [0.2, 0.25) is 5.91 Å². The fraction of sp³-hybridized carbons (Fsp3) is 0.455. The van der Waals surface area contributed by atoms with E-state index >= 15 is 0 Å². The van der Waals surface area contributed by atoms with E-state index in [1.165, 1.54) is 7.11 Å². The summed E-state index contributed by atoms with van der Waals surface area (Å²) in [7, 11) is 1.49. The predicted molar refractivity (Wildman–Crippen MR) is 62.5 cm³/mol. The number of amides is 1. The maximum Gasteiger partial charge on any atom is 0.246 e. The molecule has 1 aromatic rings. The van der Waals surface area contributed by atoms with Gasteiger partial charge in [0, 0.05) is 19.9 Å². The van der Waals surface area contributed by atoms with Gasteiger partial charge in [-0.05, 0) is 17.5 Å². The molecule has 0 spiro atoms. The molecule has 0 aliphatic heterocycles. The van der Waals surface area contributed by atoms with Gasteiger partial charge in [-0.15, -0.1) is 0 Å². The van der Waals surface area contributed by atoms with Crippen molar-refractivity contribution in [1.82, 2.24) is 10.3 Å². The summed E-state index contributed by atoms with van der Waals surface area (Å²) in [6, 6.07) is 3.65. The number of ether oxygens (including phenoxy) is 1. The van der Waals surface area contributed by atoms with Crippen LogP contribution in [0.25, 0.3) is 0 Å². The Morgan fingerprint density at radius 1 is 1.62 bits per heavy atom. The number of nitrogens with zero attached hydrogens (tertiary/aromatic N) is 1. The molecule has 0 saturated carbocycles. The van der Waals surface area contributed by atoms with Crippen LogP contribution >= 0.6 is 11.6 Å². The lowest BCUT2D eigenvalue weighted by Crippen LogP contribution is -2.30. The third-order valence-electron chi connectivity index (χ3n) is 2.20. The van der Waals surface area contributed by atoms with Crippen LogP contribution in [0, 0.1) is 0 Å². The van der Waals surface area contributed by atoms with Gasteiger partial charge in [0.1, 0.15) is 11.8 Å². The van der Waals surface area contributed by atoms with E-state index in [4.69, 9.17) is 16.3 Å². The average Bonchev–Trinajstić information content (AvgIpc) is 2.27. The molecule has 0 aliphatic rings. The highest BCUT2D eigenvalue weighted by atomic mass is 35.5. The molecular formula is C11H15ClN2O2. The molecule has 1 atom stereocenters. The molecule has 0 radical (unpaired) electrons. The number of rotatable bonds is 5. The average molecular weight is 243 g/mol. The van der Waals surface area contributed by atoms with Gasteiger partial charge >= 0.3 is 0 Å². The van der Waals surface area contributed by atoms with Crippen molar-refractivity contribution >= 4 is 17.5 Å². The molecule has 0 aromatic carbocycles. The minimum absolute atomic E-state index is 0.0889. The SMILES string of the molecule is COCC(=O)NCC(C)c1ccc(Cl)nc1. The molecule has 0 saturated heterocycles. The topological polar surface area (TPSA) is 51.2 Å². The first kappa shape index (κ1) is 12.9. The van der Waals surface area contributed by atoms with Crippen LogP contribution in [-0.4, -0.2) is 31.2 Å². The lowest BCUT2D eigenvalue weighted by atomic mass is 10.0. The molecule has 1 rings (SSSR count). The second-order valence-corrected chi connectivity index (χ2v) is 3.94. The van der Waals surface area contributed by atoms with Gasteiger partial charge in [0.05, 0.1) is 0 Å².